The molecule has 1 saturated carbocycles. The molecule has 2 N–H and O–H groups in total. The highest BCUT2D eigenvalue weighted by molar-refractivity contribution is 14.0. The molecule has 1 aliphatic heterocycles. The Morgan fingerprint density at radius 1 is 1.24 bits per heavy atom. The second-order valence-electron chi connectivity index (χ2n) is 8.69. The van der Waals surface area contributed by atoms with Crippen LogP contribution in [0.15, 0.2) is 29.3 Å². The molecule has 2 aliphatic rings. The Morgan fingerprint density at radius 3 is 2.59 bits per heavy atom. The lowest BCUT2D eigenvalue weighted by Gasteiger charge is -2.28. The summed E-state index contributed by atoms with van der Waals surface area (Å²) in [5.41, 5.74) is 0.315. The van der Waals surface area contributed by atoms with Crippen molar-refractivity contribution in [3.63, 3.8) is 0 Å². The molecule has 162 valence electrons. The van der Waals surface area contributed by atoms with E-state index in [0.29, 0.717) is 24.0 Å². The summed E-state index contributed by atoms with van der Waals surface area (Å²) in [6.45, 7) is 6.13. The zero-order chi connectivity index (χ0) is 20.1. The van der Waals surface area contributed by atoms with Gasteiger partial charge in [-0.05, 0) is 30.9 Å². The Balaban J connectivity index is 0.00000300. The van der Waals surface area contributed by atoms with Crippen molar-refractivity contribution in [1.82, 2.24) is 15.5 Å². The lowest BCUT2D eigenvalue weighted by Crippen LogP contribution is -2.48. The number of rotatable bonds is 5. The number of carbonyl (C=O) groups excluding carboxylic acids is 1. The van der Waals surface area contributed by atoms with Gasteiger partial charge in [0.15, 0.2) is 5.96 Å². The van der Waals surface area contributed by atoms with Crippen LogP contribution in [0.1, 0.15) is 51.5 Å². The van der Waals surface area contributed by atoms with Gasteiger partial charge in [0, 0.05) is 44.1 Å². The third-order valence-electron chi connectivity index (χ3n) is 6.07. The lowest BCUT2D eigenvalue weighted by atomic mass is 9.84. The van der Waals surface area contributed by atoms with Crippen LogP contribution in [0.25, 0.3) is 0 Å². The standard InChI is InChI=1S/C22H33FN4O.HI/c1-22(2,18-10-6-7-11-19(18)23)15-25-21(24-3)26-17-12-13-27(14-17)20(28)16-8-4-5-9-16;/h6-7,10-11,16-17H,4-5,8-9,12-15H2,1-3H3,(H2,24,25,26);1H. The van der Waals surface area contributed by atoms with E-state index in [1.54, 1.807) is 13.1 Å². The smallest absolute Gasteiger partial charge is 0.225 e. The summed E-state index contributed by atoms with van der Waals surface area (Å²) >= 11 is 0. The third-order valence-corrected chi connectivity index (χ3v) is 6.07. The van der Waals surface area contributed by atoms with Crippen LogP contribution in [0.3, 0.4) is 0 Å². The first-order chi connectivity index (χ1) is 13.4. The number of hydrogen-bond donors (Lipinski definition) is 2. The molecule has 0 spiro atoms. The Kier molecular flexibility index (Phi) is 8.73. The first-order valence-corrected chi connectivity index (χ1v) is 10.4. The number of amides is 1. The molecule has 0 radical (unpaired) electrons. The summed E-state index contributed by atoms with van der Waals surface area (Å²) < 4.78 is 14.2. The third kappa shape index (κ3) is 6.06. The van der Waals surface area contributed by atoms with Crippen LogP contribution in [0.4, 0.5) is 4.39 Å². The number of nitrogens with one attached hydrogen (secondary N) is 2. The SMILES string of the molecule is CN=C(NCC(C)(C)c1ccccc1F)NC1CCN(C(=O)C2CCCC2)C1.I. The second-order valence-corrected chi connectivity index (χ2v) is 8.69. The van der Waals surface area contributed by atoms with Crippen LogP contribution in [-0.4, -0.2) is 49.5 Å². The van der Waals surface area contributed by atoms with Crippen molar-refractivity contribution in [2.45, 2.75) is 57.4 Å². The van der Waals surface area contributed by atoms with Gasteiger partial charge < -0.3 is 15.5 Å². The molecule has 5 nitrogen and oxygen atoms in total. The highest BCUT2D eigenvalue weighted by Crippen LogP contribution is 2.28. The molecule has 1 aromatic carbocycles. The zero-order valence-electron chi connectivity index (χ0n) is 17.7. The minimum atomic E-state index is -0.372. The van der Waals surface area contributed by atoms with Gasteiger partial charge >= 0.3 is 0 Å². The van der Waals surface area contributed by atoms with E-state index in [2.05, 4.69) is 15.6 Å². The van der Waals surface area contributed by atoms with Crippen LogP contribution < -0.4 is 10.6 Å². The van der Waals surface area contributed by atoms with Gasteiger partial charge in [0.25, 0.3) is 0 Å². The molecular weight excluding hydrogens is 482 g/mol. The van der Waals surface area contributed by atoms with Gasteiger partial charge in [-0.2, -0.15) is 0 Å². The lowest BCUT2D eigenvalue weighted by molar-refractivity contribution is -0.134. The van der Waals surface area contributed by atoms with Crippen molar-refractivity contribution in [1.29, 1.82) is 0 Å². The highest BCUT2D eigenvalue weighted by atomic mass is 127. The maximum atomic E-state index is 14.2. The van der Waals surface area contributed by atoms with Gasteiger partial charge in [0.05, 0.1) is 0 Å². The van der Waals surface area contributed by atoms with Crippen LogP contribution in [0, 0.1) is 11.7 Å². The fourth-order valence-electron chi connectivity index (χ4n) is 4.31. The molecule has 3 rings (SSSR count). The minimum absolute atomic E-state index is 0. The van der Waals surface area contributed by atoms with Gasteiger partial charge in [-0.1, -0.05) is 44.9 Å². The number of halogens is 2. The zero-order valence-corrected chi connectivity index (χ0v) is 20.0. The van der Waals surface area contributed by atoms with Gasteiger partial charge in [0.2, 0.25) is 5.91 Å². The summed E-state index contributed by atoms with van der Waals surface area (Å²) in [5, 5.41) is 6.76. The first kappa shape index (κ1) is 23.9. The van der Waals surface area contributed by atoms with Gasteiger partial charge in [-0.15, -0.1) is 24.0 Å². The number of guanidine groups is 1. The largest absolute Gasteiger partial charge is 0.356 e. The van der Waals surface area contributed by atoms with Crippen molar-refractivity contribution in [3.05, 3.63) is 35.6 Å². The van der Waals surface area contributed by atoms with E-state index >= 15 is 0 Å². The van der Waals surface area contributed by atoms with Crippen molar-refractivity contribution < 1.29 is 9.18 Å². The van der Waals surface area contributed by atoms with E-state index < -0.39 is 0 Å². The van der Waals surface area contributed by atoms with Crippen molar-refractivity contribution in [2.24, 2.45) is 10.9 Å². The van der Waals surface area contributed by atoms with Crippen molar-refractivity contribution in [3.8, 4) is 0 Å². The summed E-state index contributed by atoms with van der Waals surface area (Å²) in [6, 6.07) is 7.10. The molecule has 1 atom stereocenters. The fraction of sp³-hybridized carbons (Fsp3) is 0.636. The Morgan fingerprint density at radius 2 is 1.93 bits per heavy atom. The van der Waals surface area contributed by atoms with E-state index in [1.807, 2.05) is 30.9 Å². The van der Waals surface area contributed by atoms with E-state index in [4.69, 9.17) is 0 Å². The van der Waals surface area contributed by atoms with Crippen LogP contribution in [0.2, 0.25) is 0 Å². The number of hydrogen-bond acceptors (Lipinski definition) is 2. The normalized spacial score (nSPS) is 20.5. The molecule has 1 aliphatic carbocycles. The molecule has 1 unspecified atom stereocenters. The molecule has 1 heterocycles. The summed E-state index contributed by atoms with van der Waals surface area (Å²) in [7, 11) is 1.74. The van der Waals surface area contributed by atoms with E-state index in [0.717, 1.165) is 32.4 Å². The average molecular weight is 516 g/mol. The Labute approximate surface area is 190 Å². The predicted molar refractivity (Wildman–Crippen MR) is 126 cm³/mol. The number of aliphatic imine (C=N–C) groups is 1. The number of nitrogens with zero attached hydrogens (tertiary/aromatic N) is 2. The van der Waals surface area contributed by atoms with Crippen LogP contribution in [0.5, 0.6) is 0 Å². The summed E-state index contributed by atoms with van der Waals surface area (Å²) in [6.07, 6.45) is 5.37. The first-order valence-electron chi connectivity index (χ1n) is 10.4. The molecule has 1 aromatic rings. The Hall–Kier alpha value is -1.38. The van der Waals surface area contributed by atoms with Crippen molar-refractivity contribution in [2.75, 3.05) is 26.7 Å². The second kappa shape index (κ2) is 10.6. The fourth-order valence-corrected chi connectivity index (χ4v) is 4.31. The molecule has 0 bridgehead atoms. The maximum Gasteiger partial charge on any atom is 0.225 e. The van der Waals surface area contributed by atoms with Crippen molar-refractivity contribution >= 4 is 35.8 Å². The van der Waals surface area contributed by atoms with Crippen LogP contribution >= 0.6 is 24.0 Å². The minimum Gasteiger partial charge on any atom is -0.356 e. The Bertz CT molecular complexity index is 719. The molecule has 1 saturated heterocycles. The summed E-state index contributed by atoms with van der Waals surface area (Å²) in [4.78, 5) is 18.9. The van der Waals surface area contributed by atoms with E-state index in [-0.39, 0.29) is 47.2 Å². The predicted octanol–water partition coefficient (Wildman–Crippen LogP) is 3.68. The molecule has 29 heavy (non-hydrogen) atoms. The van der Waals surface area contributed by atoms with Gasteiger partial charge in [-0.25, -0.2) is 4.39 Å². The average Bonchev–Trinajstić information content (AvgIpc) is 3.37. The number of likely N-dealkylation sites (tertiary alicyclic amines) is 1. The van der Waals surface area contributed by atoms with Crippen LogP contribution in [-0.2, 0) is 10.2 Å². The molecule has 1 amide bonds. The summed E-state index contributed by atoms with van der Waals surface area (Å²) in [5.74, 6) is 1.07. The van der Waals surface area contributed by atoms with Gasteiger partial charge in [0.1, 0.15) is 5.82 Å². The quantitative estimate of drug-likeness (QED) is 0.357. The monoisotopic (exact) mass is 516 g/mol. The molecule has 2 fully saturated rings. The maximum absolute atomic E-state index is 14.2. The molecule has 7 heteroatoms. The molecule has 0 aromatic heterocycles. The van der Waals surface area contributed by atoms with E-state index in [1.165, 1.54) is 18.9 Å². The topological polar surface area (TPSA) is 56.7 Å². The van der Waals surface area contributed by atoms with Gasteiger partial charge in [-0.3, -0.25) is 9.79 Å². The number of carbonyl (C=O) groups is 1. The molecular formula is C22H34FIN4O. The van der Waals surface area contributed by atoms with E-state index in [9.17, 15) is 9.18 Å². The number of benzene rings is 1. The highest BCUT2D eigenvalue weighted by Gasteiger charge is 2.32.